The fourth-order valence-corrected chi connectivity index (χ4v) is 3.91. The number of hydrogen-bond acceptors (Lipinski definition) is 4. The van der Waals surface area contributed by atoms with Gasteiger partial charge < -0.3 is 15.2 Å². The lowest BCUT2D eigenvalue weighted by molar-refractivity contribution is -0.150. The second-order valence-electron chi connectivity index (χ2n) is 8.95. The van der Waals surface area contributed by atoms with Gasteiger partial charge >= 0.3 is 11.9 Å². The predicted octanol–water partition coefficient (Wildman–Crippen LogP) is 5.39. The molecule has 0 aliphatic heterocycles. The van der Waals surface area contributed by atoms with Crippen LogP contribution in [0.3, 0.4) is 0 Å². The highest BCUT2D eigenvalue weighted by Crippen LogP contribution is 2.24. The van der Waals surface area contributed by atoms with E-state index in [1.807, 2.05) is 86.6 Å². The summed E-state index contributed by atoms with van der Waals surface area (Å²) in [7, 11) is 0. The normalized spacial score (nSPS) is 12.5. The molecule has 0 saturated heterocycles. The Hall–Kier alpha value is -3.93. The molecule has 6 nitrogen and oxygen atoms in total. The Bertz CT molecular complexity index is 1110. The van der Waals surface area contributed by atoms with Gasteiger partial charge in [-0.05, 0) is 34.6 Å². The van der Waals surface area contributed by atoms with E-state index in [4.69, 9.17) is 4.74 Å². The summed E-state index contributed by atoms with van der Waals surface area (Å²) in [6.07, 6.45) is 0.0968. The number of hydrogen-bond donors (Lipinski definition) is 2. The van der Waals surface area contributed by atoms with E-state index >= 15 is 0 Å². The number of amides is 1. The Balaban J connectivity index is 1.83. The van der Waals surface area contributed by atoms with Crippen molar-refractivity contribution >= 4 is 17.8 Å². The van der Waals surface area contributed by atoms with E-state index in [9.17, 15) is 19.5 Å². The zero-order valence-electron chi connectivity index (χ0n) is 20.0. The van der Waals surface area contributed by atoms with Crippen molar-refractivity contribution in [2.75, 3.05) is 0 Å². The van der Waals surface area contributed by atoms with Crippen LogP contribution >= 0.6 is 0 Å². The van der Waals surface area contributed by atoms with Crippen molar-refractivity contribution in [3.63, 3.8) is 0 Å². The number of carbonyl (C=O) groups excluding carboxylic acids is 2. The minimum Gasteiger partial charge on any atom is -0.481 e. The fourth-order valence-electron chi connectivity index (χ4n) is 3.91. The first-order valence-electron chi connectivity index (χ1n) is 11.7. The molecule has 0 spiro atoms. The molecule has 0 aliphatic rings. The minimum absolute atomic E-state index is 0.0681. The summed E-state index contributed by atoms with van der Waals surface area (Å²) in [5.41, 5.74) is 3.40. The molecule has 6 heteroatoms. The van der Waals surface area contributed by atoms with Gasteiger partial charge in [0.15, 0.2) is 6.04 Å². The van der Waals surface area contributed by atoms with Gasteiger partial charge in [-0.2, -0.15) is 0 Å². The third-order valence-corrected chi connectivity index (χ3v) is 5.65. The standard InChI is InChI=1S/C29H31NO5/c1-20(2)17-25(18-26(31)32)28(33)30-27(29(34)35-19-21-9-5-3-6-10-21)24-15-13-23(14-16-24)22-11-7-4-8-12-22/h3-16,20,25,27H,17-19H2,1-2H3,(H,30,33)(H,31,32)/t25-,27?/m1/s1. The SMILES string of the molecule is CC(C)C[C@H](CC(=O)O)C(=O)NC(C(=O)OCc1ccccc1)c1ccc(-c2ccccc2)cc1. The Kier molecular flexibility index (Phi) is 9.18. The molecule has 0 saturated carbocycles. The number of carboxylic acids is 1. The number of rotatable bonds is 11. The average molecular weight is 474 g/mol. The van der Waals surface area contributed by atoms with Gasteiger partial charge in [0.25, 0.3) is 0 Å². The van der Waals surface area contributed by atoms with Crippen molar-refractivity contribution in [1.82, 2.24) is 5.32 Å². The van der Waals surface area contributed by atoms with Crippen LogP contribution in [0.15, 0.2) is 84.9 Å². The van der Waals surface area contributed by atoms with Gasteiger partial charge in [0.1, 0.15) is 6.61 Å². The molecule has 0 fully saturated rings. The van der Waals surface area contributed by atoms with Crippen LogP contribution < -0.4 is 5.32 Å². The van der Waals surface area contributed by atoms with E-state index in [1.165, 1.54) is 0 Å². The molecule has 0 aliphatic carbocycles. The van der Waals surface area contributed by atoms with Crippen molar-refractivity contribution in [3.8, 4) is 11.1 Å². The molecule has 0 bridgehead atoms. The second kappa shape index (κ2) is 12.5. The molecule has 2 N–H and O–H groups in total. The molecule has 3 aromatic rings. The summed E-state index contributed by atoms with van der Waals surface area (Å²) < 4.78 is 5.53. The molecule has 0 radical (unpaired) electrons. The van der Waals surface area contributed by atoms with Crippen molar-refractivity contribution in [2.45, 2.75) is 39.3 Å². The maximum atomic E-state index is 13.1. The molecular formula is C29H31NO5. The Morgan fingerprint density at radius 3 is 1.97 bits per heavy atom. The molecule has 3 aromatic carbocycles. The highest BCUT2D eigenvalue weighted by molar-refractivity contribution is 5.88. The fraction of sp³-hybridized carbons (Fsp3) is 0.276. The lowest BCUT2D eigenvalue weighted by Gasteiger charge is -2.22. The number of carboxylic acid groups (broad SMARTS) is 1. The Labute approximate surface area is 206 Å². The van der Waals surface area contributed by atoms with E-state index in [-0.39, 0.29) is 18.9 Å². The first-order valence-corrected chi connectivity index (χ1v) is 11.7. The molecule has 0 heterocycles. The van der Waals surface area contributed by atoms with Crippen molar-refractivity contribution < 1.29 is 24.2 Å². The minimum atomic E-state index is -1.06. The van der Waals surface area contributed by atoms with Gasteiger partial charge in [-0.3, -0.25) is 9.59 Å². The smallest absolute Gasteiger partial charge is 0.333 e. The monoisotopic (exact) mass is 473 g/mol. The van der Waals surface area contributed by atoms with Crippen LogP contribution in [0, 0.1) is 11.8 Å². The zero-order valence-corrected chi connectivity index (χ0v) is 20.0. The van der Waals surface area contributed by atoms with Gasteiger partial charge in [-0.1, -0.05) is 98.8 Å². The highest BCUT2D eigenvalue weighted by Gasteiger charge is 2.29. The van der Waals surface area contributed by atoms with Crippen LogP contribution in [0.25, 0.3) is 11.1 Å². The number of ether oxygens (including phenoxy) is 1. The second-order valence-corrected chi connectivity index (χ2v) is 8.95. The van der Waals surface area contributed by atoms with Crippen LogP contribution in [0.5, 0.6) is 0 Å². The Morgan fingerprint density at radius 2 is 1.40 bits per heavy atom. The van der Waals surface area contributed by atoms with Gasteiger partial charge in [0.05, 0.1) is 6.42 Å². The van der Waals surface area contributed by atoms with Crippen LogP contribution in [-0.4, -0.2) is 23.0 Å². The molecule has 35 heavy (non-hydrogen) atoms. The molecule has 1 amide bonds. The third-order valence-electron chi connectivity index (χ3n) is 5.65. The summed E-state index contributed by atoms with van der Waals surface area (Å²) in [5.74, 6) is -2.76. The van der Waals surface area contributed by atoms with E-state index in [2.05, 4.69) is 5.32 Å². The van der Waals surface area contributed by atoms with E-state index < -0.39 is 29.8 Å². The largest absolute Gasteiger partial charge is 0.481 e. The lowest BCUT2D eigenvalue weighted by atomic mass is 9.92. The maximum Gasteiger partial charge on any atom is 0.333 e. The summed E-state index contributed by atoms with van der Waals surface area (Å²) in [6, 6.07) is 25.4. The zero-order chi connectivity index (χ0) is 25.2. The summed E-state index contributed by atoms with van der Waals surface area (Å²) >= 11 is 0. The molecule has 3 rings (SSSR count). The van der Waals surface area contributed by atoms with Crippen molar-refractivity contribution in [3.05, 3.63) is 96.1 Å². The summed E-state index contributed by atoms with van der Waals surface area (Å²) in [4.78, 5) is 37.5. The van der Waals surface area contributed by atoms with Gasteiger partial charge in [-0.25, -0.2) is 4.79 Å². The van der Waals surface area contributed by atoms with Gasteiger partial charge in [-0.15, -0.1) is 0 Å². The van der Waals surface area contributed by atoms with Crippen LogP contribution in [0.2, 0.25) is 0 Å². The number of nitrogens with one attached hydrogen (secondary N) is 1. The van der Waals surface area contributed by atoms with E-state index in [0.717, 1.165) is 16.7 Å². The van der Waals surface area contributed by atoms with Gasteiger partial charge in [0, 0.05) is 5.92 Å². The van der Waals surface area contributed by atoms with Gasteiger partial charge in [0.2, 0.25) is 5.91 Å². The predicted molar refractivity (Wildman–Crippen MR) is 134 cm³/mol. The number of benzene rings is 3. The quantitative estimate of drug-likeness (QED) is 0.364. The molecule has 0 aromatic heterocycles. The van der Waals surface area contributed by atoms with E-state index in [1.54, 1.807) is 12.1 Å². The molecular weight excluding hydrogens is 442 g/mol. The van der Waals surface area contributed by atoms with E-state index in [0.29, 0.717) is 12.0 Å². The molecule has 1 unspecified atom stereocenters. The van der Waals surface area contributed by atoms with Crippen LogP contribution in [-0.2, 0) is 25.7 Å². The van der Waals surface area contributed by atoms with Crippen LogP contribution in [0.4, 0.5) is 0 Å². The average Bonchev–Trinajstić information content (AvgIpc) is 2.86. The van der Waals surface area contributed by atoms with Crippen molar-refractivity contribution in [2.24, 2.45) is 11.8 Å². The maximum absolute atomic E-state index is 13.1. The first-order chi connectivity index (χ1) is 16.8. The number of carbonyl (C=O) groups is 3. The summed E-state index contributed by atoms with van der Waals surface area (Å²) in [6.45, 7) is 3.92. The Morgan fingerprint density at radius 1 is 0.829 bits per heavy atom. The third kappa shape index (κ3) is 7.81. The molecule has 182 valence electrons. The van der Waals surface area contributed by atoms with Crippen molar-refractivity contribution in [1.29, 1.82) is 0 Å². The highest BCUT2D eigenvalue weighted by atomic mass is 16.5. The lowest BCUT2D eigenvalue weighted by Crippen LogP contribution is -2.39. The number of esters is 1. The first kappa shape index (κ1) is 25.7. The summed E-state index contributed by atoms with van der Waals surface area (Å²) in [5, 5.41) is 12.0. The molecule has 2 atom stereocenters. The topological polar surface area (TPSA) is 92.7 Å². The van der Waals surface area contributed by atoms with Crippen LogP contribution in [0.1, 0.15) is 43.9 Å². The number of aliphatic carboxylic acids is 1.